The molecule has 3 rings (SSSR count). The van der Waals surface area contributed by atoms with Crippen molar-refractivity contribution in [2.75, 3.05) is 7.05 Å². The molecule has 25 heavy (non-hydrogen) atoms. The van der Waals surface area contributed by atoms with Gasteiger partial charge in [-0.2, -0.15) is 10.4 Å². The molecular weight excluding hydrogens is 314 g/mol. The molecule has 0 N–H and O–H groups in total. The molecule has 0 saturated carbocycles. The van der Waals surface area contributed by atoms with Gasteiger partial charge in [-0.3, -0.25) is 4.79 Å². The molecule has 124 valence electrons. The molecule has 1 aromatic heterocycles. The standard InChI is InChI=1S/C19H17N5O/c1-14(16-6-8-18(9-7-16)24-13-21-12-22-24)23(2)19(25)17-5-3-4-15(10-17)11-20/h3-10,12-14H,1-2H3/t14-/m1/s1. The lowest BCUT2D eigenvalue weighted by molar-refractivity contribution is 0.0742. The minimum absolute atomic E-state index is 0.108. The van der Waals surface area contributed by atoms with Crippen LogP contribution in [0.15, 0.2) is 61.2 Å². The molecule has 1 atom stereocenters. The van der Waals surface area contributed by atoms with Gasteiger partial charge in [0.25, 0.3) is 5.91 Å². The maximum atomic E-state index is 12.7. The van der Waals surface area contributed by atoms with Crippen molar-refractivity contribution in [2.24, 2.45) is 0 Å². The fraction of sp³-hybridized carbons (Fsp3) is 0.158. The van der Waals surface area contributed by atoms with E-state index < -0.39 is 0 Å². The molecule has 2 aromatic carbocycles. The van der Waals surface area contributed by atoms with E-state index in [0.717, 1.165) is 11.3 Å². The molecular formula is C19H17N5O. The van der Waals surface area contributed by atoms with E-state index in [1.54, 1.807) is 47.2 Å². The molecule has 6 heteroatoms. The van der Waals surface area contributed by atoms with Gasteiger partial charge in [-0.25, -0.2) is 9.67 Å². The van der Waals surface area contributed by atoms with Crippen molar-refractivity contribution >= 4 is 5.91 Å². The fourth-order valence-corrected chi connectivity index (χ4v) is 2.57. The van der Waals surface area contributed by atoms with Gasteiger partial charge in [0.1, 0.15) is 12.7 Å². The molecule has 0 spiro atoms. The largest absolute Gasteiger partial charge is 0.335 e. The maximum Gasteiger partial charge on any atom is 0.254 e. The predicted octanol–water partition coefficient (Wildman–Crippen LogP) is 2.97. The van der Waals surface area contributed by atoms with E-state index in [-0.39, 0.29) is 11.9 Å². The first-order valence-corrected chi connectivity index (χ1v) is 7.82. The quantitative estimate of drug-likeness (QED) is 0.736. The Morgan fingerprint density at radius 3 is 2.64 bits per heavy atom. The lowest BCUT2D eigenvalue weighted by atomic mass is 10.0. The summed E-state index contributed by atoms with van der Waals surface area (Å²) < 4.78 is 1.68. The zero-order valence-electron chi connectivity index (χ0n) is 14.0. The van der Waals surface area contributed by atoms with E-state index in [0.29, 0.717) is 11.1 Å². The van der Waals surface area contributed by atoms with E-state index in [1.165, 1.54) is 6.33 Å². The van der Waals surface area contributed by atoms with E-state index >= 15 is 0 Å². The summed E-state index contributed by atoms with van der Waals surface area (Å²) in [5, 5.41) is 13.1. The Labute approximate surface area is 146 Å². The number of carbonyl (C=O) groups is 1. The van der Waals surface area contributed by atoms with Gasteiger partial charge in [0.15, 0.2) is 0 Å². The zero-order valence-corrected chi connectivity index (χ0v) is 14.0. The Bertz CT molecular complexity index is 910. The Hall–Kier alpha value is -3.46. The van der Waals surface area contributed by atoms with Gasteiger partial charge < -0.3 is 4.90 Å². The maximum absolute atomic E-state index is 12.7. The van der Waals surface area contributed by atoms with E-state index in [2.05, 4.69) is 16.2 Å². The highest BCUT2D eigenvalue weighted by Crippen LogP contribution is 2.22. The number of benzene rings is 2. The Kier molecular flexibility index (Phi) is 4.57. The van der Waals surface area contributed by atoms with E-state index in [1.807, 2.05) is 31.2 Å². The average molecular weight is 331 g/mol. The number of nitriles is 1. The number of rotatable bonds is 4. The third-order valence-corrected chi connectivity index (χ3v) is 4.20. The topological polar surface area (TPSA) is 74.8 Å². The molecule has 0 aliphatic carbocycles. The molecule has 0 bridgehead atoms. The number of hydrogen-bond acceptors (Lipinski definition) is 4. The van der Waals surface area contributed by atoms with Gasteiger partial charge >= 0.3 is 0 Å². The van der Waals surface area contributed by atoms with Crippen molar-refractivity contribution in [3.8, 4) is 11.8 Å². The molecule has 1 heterocycles. The van der Waals surface area contributed by atoms with Crippen LogP contribution < -0.4 is 0 Å². The molecule has 1 amide bonds. The summed E-state index contributed by atoms with van der Waals surface area (Å²) in [5.74, 6) is -0.120. The third kappa shape index (κ3) is 3.40. The first-order valence-electron chi connectivity index (χ1n) is 7.82. The molecule has 0 aliphatic heterocycles. The van der Waals surface area contributed by atoms with Crippen molar-refractivity contribution in [2.45, 2.75) is 13.0 Å². The molecule has 0 saturated heterocycles. The third-order valence-electron chi connectivity index (χ3n) is 4.20. The number of hydrogen-bond donors (Lipinski definition) is 0. The minimum atomic E-state index is -0.120. The SMILES string of the molecule is C[C@H](c1ccc(-n2cncn2)cc1)N(C)C(=O)c1cccc(C#N)c1. The molecule has 3 aromatic rings. The lowest BCUT2D eigenvalue weighted by Crippen LogP contribution is -2.29. The zero-order chi connectivity index (χ0) is 17.8. The highest BCUT2D eigenvalue weighted by atomic mass is 16.2. The van der Waals surface area contributed by atoms with Crippen molar-refractivity contribution in [3.63, 3.8) is 0 Å². The summed E-state index contributed by atoms with van der Waals surface area (Å²) >= 11 is 0. The first kappa shape index (κ1) is 16.4. The summed E-state index contributed by atoms with van der Waals surface area (Å²) in [6.07, 6.45) is 3.12. The molecule has 0 radical (unpaired) electrons. The molecule has 0 fully saturated rings. The van der Waals surface area contributed by atoms with Gasteiger partial charge in [0.2, 0.25) is 0 Å². The van der Waals surface area contributed by atoms with Crippen LogP contribution in [0.2, 0.25) is 0 Å². The van der Waals surface area contributed by atoms with Crippen LogP contribution in [0, 0.1) is 11.3 Å². The van der Waals surface area contributed by atoms with Crippen molar-refractivity contribution in [1.29, 1.82) is 5.26 Å². The van der Waals surface area contributed by atoms with Gasteiger partial charge in [0, 0.05) is 12.6 Å². The minimum Gasteiger partial charge on any atom is -0.335 e. The van der Waals surface area contributed by atoms with Crippen molar-refractivity contribution in [3.05, 3.63) is 77.9 Å². The molecule has 6 nitrogen and oxygen atoms in total. The van der Waals surface area contributed by atoms with E-state index in [9.17, 15) is 4.79 Å². The van der Waals surface area contributed by atoms with Crippen LogP contribution in [0.25, 0.3) is 5.69 Å². The number of amides is 1. The van der Waals surface area contributed by atoms with Crippen LogP contribution in [0.3, 0.4) is 0 Å². The Morgan fingerprint density at radius 1 is 1.24 bits per heavy atom. The lowest BCUT2D eigenvalue weighted by Gasteiger charge is -2.25. The fourth-order valence-electron chi connectivity index (χ4n) is 2.57. The smallest absolute Gasteiger partial charge is 0.254 e. The predicted molar refractivity (Wildman–Crippen MR) is 93.0 cm³/mol. The van der Waals surface area contributed by atoms with Crippen molar-refractivity contribution < 1.29 is 4.79 Å². The van der Waals surface area contributed by atoms with Crippen LogP contribution in [0.1, 0.15) is 34.5 Å². The van der Waals surface area contributed by atoms with Crippen LogP contribution in [0.5, 0.6) is 0 Å². The van der Waals surface area contributed by atoms with Gasteiger partial charge in [-0.1, -0.05) is 18.2 Å². The summed E-state index contributed by atoms with van der Waals surface area (Å²) in [5.41, 5.74) is 2.90. The highest BCUT2D eigenvalue weighted by molar-refractivity contribution is 5.94. The molecule has 0 aliphatic rings. The normalized spacial score (nSPS) is 11.6. The second-order valence-electron chi connectivity index (χ2n) is 5.72. The van der Waals surface area contributed by atoms with Crippen LogP contribution in [-0.4, -0.2) is 32.6 Å². The van der Waals surface area contributed by atoms with Crippen LogP contribution in [0.4, 0.5) is 0 Å². The van der Waals surface area contributed by atoms with Gasteiger partial charge in [-0.15, -0.1) is 0 Å². The van der Waals surface area contributed by atoms with E-state index in [4.69, 9.17) is 5.26 Å². The Balaban J connectivity index is 1.78. The summed E-state index contributed by atoms with van der Waals surface area (Å²) in [7, 11) is 1.76. The van der Waals surface area contributed by atoms with Gasteiger partial charge in [-0.05, 0) is 42.8 Å². The van der Waals surface area contributed by atoms with Gasteiger partial charge in [0.05, 0.1) is 23.4 Å². The number of carbonyl (C=O) groups excluding carboxylic acids is 1. The van der Waals surface area contributed by atoms with Crippen LogP contribution in [-0.2, 0) is 0 Å². The van der Waals surface area contributed by atoms with Crippen LogP contribution >= 0.6 is 0 Å². The average Bonchev–Trinajstić information content (AvgIpc) is 3.21. The monoisotopic (exact) mass is 331 g/mol. The summed E-state index contributed by atoms with van der Waals surface area (Å²) in [6, 6.07) is 16.5. The summed E-state index contributed by atoms with van der Waals surface area (Å²) in [6.45, 7) is 1.97. The number of nitrogens with zero attached hydrogens (tertiary/aromatic N) is 5. The first-order chi connectivity index (χ1) is 12.1. The number of aromatic nitrogens is 3. The second-order valence-corrected chi connectivity index (χ2v) is 5.72. The molecule has 0 unspecified atom stereocenters. The summed E-state index contributed by atoms with van der Waals surface area (Å²) in [4.78, 5) is 18.3. The Morgan fingerprint density at radius 2 is 2.00 bits per heavy atom. The second kappa shape index (κ2) is 6.97. The van der Waals surface area contributed by atoms with Crippen molar-refractivity contribution in [1.82, 2.24) is 19.7 Å². The highest BCUT2D eigenvalue weighted by Gasteiger charge is 2.19.